The van der Waals surface area contributed by atoms with Crippen LogP contribution in [-0.4, -0.2) is 25.0 Å². The molecule has 22 heavy (non-hydrogen) atoms. The zero-order valence-corrected chi connectivity index (χ0v) is 12.1. The second-order valence-electron chi connectivity index (χ2n) is 5.11. The van der Waals surface area contributed by atoms with Gasteiger partial charge in [-0.05, 0) is 35.9 Å². The number of methoxy groups -OCH3 is 1. The Morgan fingerprint density at radius 2 is 1.91 bits per heavy atom. The van der Waals surface area contributed by atoms with E-state index in [1.807, 2.05) is 24.3 Å². The molecule has 2 N–H and O–H groups in total. The van der Waals surface area contributed by atoms with Gasteiger partial charge >= 0.3 is 0 Å². The number of para-hydroxylation sites is 1. The van der Waals surface area contributed by atoms with E-state index in [-0.39, 0.29) is 11.8 Å². The van der Waals surface area contributed by atoms with Gasteiger partial charge in [0.1, 0.15) is 11.8 Å². The largest absolute Gasteiger partial charge is 0.497 e. The van der Waals surface area contributed by atoms with Crippen LogP contribution in [0.2, 0.25) is 0 Å². The van der Waals surface area contributed by atoms with E-state index in [0.29, 0.717) is 17.7 Å². The van der Waals surface area contributed by atoms with Crippen molar-refractivity contribution in [2.75, 3.05) is 12.4 Å². The van der Waals surface area contributed by atoms with Crippen molar-refractivity contribution in [3.05, 3.63) is 59.7 Å². The summed E-state index contributed by atoms with van der Waals surface area (Å²) >= 11 is 0. The first kappa shape index (κ1) is 14.1. The Bertz CT molecular complexity index is 710. The fourth-order valence-electron chi connectivity index (χ4n) is 2.45. The van der Waals surface area contributed by atoms with Gasteiger partial charge in [-0.25, -0.2) is 0 Å². The van der Waals surface area contributed by atoms with E-state index >= 15 is 0 Å². The predicted molar refractivity (Wildman–Crippen MR) is 83.0 cm³/mol. The number of hydrogen-bond donors (Lipinski definition) is 2. The number of amides is 2. The van der Waals surface area contributed by atoms with Gasteiger partial charge in [0.15, 0.2) is 0 Å². The summed E-state index contributed by atoms with van der Waals surface area (Å²) in [6, 6.07) is 13.8. The molecule has 1 aliphatic heterocycles. The lowest BCUT2D eigenvalue weighted by molar-refractivity contribution is -0.118. The molecule has 1 atom stereocenters. The minimum atomic E-state index is -0.565. The maximum absolute atomic E-state index is 12.2. The number of nitrogens with one attached hydrogen (secondary N) is 2. The van der Waals surface area contributed by atoms with Gasteiger partial charge in [0.05, 0.1) is 7.11 Å². The summed E-state index contributed by atoms with van der Waals surface area (Å²) in [7, 11) is 1.57. The van der Waals surface area contributed by atoms with E-state index in [1.54, 1.807) is 31.4 Å². The molecule has 2 aromatic rings. The molecule has 1 heterocycles. The number of carbonyl (C=O) groups is 2. The van der Waals surface area contributed by atoms with E-state index in [9.17, 15) is 9.59 Å². The molecule has 1 aliphatic rings. The molecule has 0 spiro atoms. The van der Waals surface area contributed by atoms with Crippen molar-refractivity contribution in [3.63, 3.8) is 0 Å². The third kappa shape index (κ3) is 2.79. The van der Waals surface area contributed by atoms with E-state index in [0.717, 1.165) is 11.3 Å². The first-order chi connectivity index (χ1) is 10.7. The molecule has 0 aromatic heterocycles. The van der Waals surface area contributed by atoms with Crippen LogP contribution in [0, 0.1) is 0 Å². The molecule has 0 fully saturated rings. The topological polar surface area (TPSA) is 67.4 Å². The quantitative estimate of drug-likeness (QED) is 0.910. The van der Waals surface area contributed by atoms with Gasteiger partial charge in [-0.3, -0.25) is 9.59 Å². The fraction of sp³-hybridized carbons (Fsp3) is 0.176. The number of hydrogen-bond acceptors (Lipinski definition) is 3. The van der Waals surface area contributed by atoms with Crippen molar-refractivity contribution >= 4 is 17.5 Å². The van der Waals surface area contributed by atoms with E-state index in [1.165, 1.54) is 0 Å². The van der Waals surface area contributed by atoms with Crippen LogP contribution in [0.5, 0.6) is 5.75 Å². The van der Waals surface area contributed by atoms with Crippen molar-refractivity contribution < 1.29 is 14.3 Å². The molecule has 0 bridgehead atoms. The molecule has 0 saturated carbocycles. The number of rotatable bonds is 3. The molecule has 3 rings (SSSR count). The van der Waals surface area contributed by atoms with Crippen LogP contribution in [0.25, 0.3) is 0 Å². The molecule has 2 aromatic carbocycles. The molecule has 2 amide bonds. The van der Waals surface area contributed by atoms with Crippen molar-refractivity contribution in [2.24, 2.45) is 0 Å². The molecule has 0 radical (unpaired) electrons. The Morgan fingerprint density at radius 1 is 1.18 bits per heavy atom. The average Bonchev–Trinajstić information content (AvgIpc) is 2.55. The Labute approximate surface area is 128 Å². The minimum Gasteiger partial charge on any atom is -0.497 e. The first-order valence-electron chi connectivity index (χ1n) is 7.01. The van der Waals surface area contributed by atoms with E-state index < -0.39 is 6.04 Å². The summed E-state index contributed by atoms with van der Waals surface area (Å²) < 4.78 is 5.06. The zero-order chi connectivity index (χ0) is 15.5. The van der Waals surface area contributed by atoms with Gasteiger partial charge in [0.2, 0.25) is 5.91 Å². The van der Waals surface area contributed by atoms with Crippen molar-refractivity contribution in [1.82, 2.24) is 5.32 Å². The summed E-state index contributed by atoms with van der Waals surface area (Å²) in [5.41, 5.74) is 2.32. The summed E-state index contributed by atoms with van der Waals surface area (Å²) in [4.78, 5) is 24.3. The smallest absolute Gasteiger partial charge is 0.251 e. The lowest BCUT2D eigenvalue weighted by Crippen LogP contribution is -2.47. The van der Waals surface area contributed by atoms with E-state index in [2.05, 4.69) is 10.6 Å². The number of fused-ring (bicyclic) bond motifs is 1. The standard InChI is InChI=1S/C17H16N2O3/c1-22-13-8-6-11(7-9-13)16(20)19-15-10-12-4-2-3-5-14(12)18-17(15)21/h2-9,15H,10H2,1H3,(H,18,21)(H,19,20)/t15-/m0/s1. The van der Waals surface area contributed by atoms with Gasteiger partial charge in [-0.15, -0.1) is 0 Å². The first-order valence-corrected chi connectivity index (χ1v) is 7.01. The normalized spacial score (nSPS) is 16.4. The molecule has 0 saturated heterocycles. The number of anilines is 1. The molecule has 0 aliphatic carbocycles. The SMILES string of the molecule is COc1ccc(C(=O)N[C@H]2Cc3ccccc3NC2=O)cc1. The highest BCUT2D eigenvalue weighted by Crippen LogP contribution is 2.22. The Hall–Kier alpha value is -2.82. The van der Waals surface area contributed by atoms with Gasteiger partial charge in [-0.1, -0.05) is 18.2 Å². The number of carbonyl (C=O) groups excluding carboxylic acids is 2. The Kier molecular flexibility index (Phi) is 3.78. The maximum atomic E-state index is 12.2. The van der Waals surface area contributed by atoms with E-state index in [4.69, 9.17) is 4.74 Å². The molecule has 112 valence electrons. The molecular formula is C17H16N2O3. The van der Waals surface area contributed by atoms with Crippen LogP contribution in [0.15, 0.2) is 48.5 Å². The highest BCUT2D eigenvalue weighted by atomic mass is 16.5. The van der Waals surface area contributed by atoms with Crippen molar-refractivity contribution in [3.8, 4) is 5.75 Å². The zero-order valence-electron chi connectivity index (χ0n) is 12.1. The van der Waals surface area contributed by atoms with Gasteiger partial charge in [0.25, 0.3) is 5.91 Å². The van der Waals surface area contributed by atoms with Crippen molar-refractivity contribution in [1.29, 1.82) is 0 Å². The van der Waals surface area contributed by atoms with Crippen LogP contribution in [0.3, 0.4) is 0 Å². The maximum Gasteiger partial charge on any atom is 0.251 e. The van der Waals surface area contributed by atoms with Crippen LogP contribution in [0.4, 0.5) is 5.69 Å². The van der Waals surface area contributed by atoms with Gasteiger partial charge in [-0.2, -0.15) is 0 Å². The second kappa shape index (κ2) is 5.89. The van der Waals surface area contributed by atoms with Crippen LogP contribution < -0.4 is 15.4 Å². The molecule has 0 unspecified atom stereocenters. The third-order valence-electron chi connectivity index (χ3n) is 3.67. The van der Waals surface area contributed by atoms with Crippen LogP contribution >= 0.6 is 0 Å². The summed E-state index contributed by atoms with van der Waals surface area (Å²) in [6.45, 7) is 0. The second-order valence-corrected chi connectivity index (χ2v) is 5.11. The minimum absolute atomic E-state index is 0.194. The fourth-order valence-corrected chi connectivity index (χ4v) is 2.45. The summed E-state index contributed by atoms with van der Waals surface area (Å²) in [5.74, 6) is 0.212. The number of benzene rings is 2. The third-order valence-corrected chi connectivity index (χ3v) is 3.67. The molecule has 5 nitrogen and oxygen atoms in total. The lowest BCUT2D eigenvalue weighted by Gasteiger charge is -2.25. The average molecular weight is 296 g/mol. The lowest BCUT2D eigenvalue weighted by atomic mass is 9.99. The summed E-state index contributed by atoms with van der Waals surface area (Å²) in [5, 5.41) is 5.58. The summed E-state index contributed by atoms with van der Waals surface area (Å²) in [6.07, 6.45) is 0.490. The Morgan fingerprint density at radius 3 is 2.64 bits per heavy atom. The van der Waals surface area contributed by atoms with Gasteiger partial charge in [0, 0.05) is 17.7 Å². The highest BCUT2D eigenvalue weighted by Gasteiger charge is 2.27. The van der Waals surface area contributed by atoms with Crippen LogP contribution in [-0.2, 0) is 11.2 Å². The highest BCUT2D eigenvalue weighted by molar-refractivity contribution is 6.03. The number of ether oxygens (including phenoxy) is 1. The molecular weight excluding hydrogens is 280 g/mol. The monoisotopic (exact) mass is 296 g/mol. The van der Waals surface area contributed by atoms with Crippen molar-refractivity contribution in [2.45, 2.75) is 12.5 Å². The van der Waals surface area contributed by atoms with Gasteiger partial charge < -0.3 is 15.4 Å². The molecule has 5 heteroatoms. The van der Waals surface area contributed by atoms with Crippen LogP contribution in [0.1, 0.15) is 15.9 Å². The predicted octanol–water partition coefficient (Wildman–Crippen LogP) is 1.99. The Balaban J connectivity index is 1.72.